The summed E-state index contributed by atoms with van der Waals surface area (Å²) in [5, 5.41) is 5.37. The third-order valence-corrected chi connectivity index (χ3v) is 5.53. The van der Waals surface area contributed by atoms with Crippen molar-refractivity contribution in [1.29, 1.82) is 0 Å². The minimum Gasteiger partial charge on any atom is -0.490 e. The highest BCUT2D eigenvalue weighted by Gasteiger charge is 2.34. The number of hydrogen-bond donors (Lipinski definition) is 2. The number of rotatable bonds is 8. The smallest absolute Gasteiger partial charge is 0.333 e. The minimum absolute atomic E-state index is 0.129. The molecule has 0 bridgehead atoms. The van der Waals surface area contributed by atoms with Crippen molar-refractivity contribution in [1.82, 2.24) is 5.32 Å². The van der Waals surface area contributed by atoms with Gasteiger partial charge in [-0.1, -0.05) is 36.4 Å². The first-order chi connectivity index (χ1) is 17.0. The molecule has 1 fully saturated rings. The molecule has 8 nitrogen and oxygen atoms in total. The van der Waals surface area contributed by atoms with Crippen LogP contribution in [0.25, 0.3) is 6.08 Å². The van der Waals surface area contributed by atoms with Gasteiger partial charge < -0.3 is 20.1 Å². The molecule has 0 saturated carbocycles. The van der Waals surface area contributed by atoms with E-state index in [2.05, 4.69) is 26.6 Å². The van der Waals surface area contributed by atoms with Gasteiger partial charge in [0.1, 0.15) is 5.70 Å². The van der Waals surface area contributed by atoms with Gasteiger partial charge in [-0.25, -0.2) is 9.69 Å². The van der Waals surface area contributed by atoms with Crippen LogP contribution in [0.3, 0.4) is 0 Å². The Balaban J connectivity index is 1.53. The molecule has 0 atom stereocenters. The molecule has 1 saturated heterocycles. The number of para-hydroxylation sites is 2. The Labute approximate surface area is 210 Å². The summed E-state index contributed by atoms with van der Waals surface area (Å²) in [6, 6.07) is 20.6. The van der Waals surface area contributed by atoms with Crippen LogP contribution >= 0.6 is 15.9 Å². The molecule has 0 radical (unpaired) electrons. The van der Waals surface area contributed by atoms with E-state index in [1.165, 1.54) is 0 Å². The topological polar surface area (TPSA) is 97.0 Å². The first kappa shape index (κ1) is 24.0. The van der Waals surface area contributed by atoms with Gasteiger partial charge in [0.05, 0.1) is 16.8 Å². The highest BCUT2D eigenvalue weighted by atomic mass is 79.9. The van der Waals surface area contributed by atoms with Crippen LogP contribution in [0.2, 0.25) is 0 Å². The second kappa shape index (κ2) is 10.9. The zero-order valence-corrected chi connectivity index (χ0v) is 20.4. The number of carbonyl (C=O) groups is 3. The number of hydrogen-bond acceptors (Lipinski definition) is 5. The van der Waals surface area contributed by atoms with Crippen molar-refractivity contribution in [2.24, 2.45) is 0 Å². The lowest BCUT2D eigenvalue weighted by Crippen LogP contribution is -2.30. The predicted molar refractivity (Wildman–Crippen MR) is 136 cm³/mol. The van der Waals surface area contributed by atoms with Crippen molar-refractivity contribution in [3.8, 4) is 11.5 Å². The van der Waals surface area contributed by atoms with E-state index in [0.717, 1.165) is 4.90 Å². The molecular formula is C26H22BrN3O5. The zero-order valence-electron chi connectivity index (χ0n) is 18.8. The summed E-state index contributed by atoms with van der Waals surface area (Å²) >= 11 is 3.46. The van der Waals surface area contributed by atoms with E-state index in [9.17, 15) is 14.4 Å². The number of amides is 4. The molecule has 0 aliphatic carbocycles. The lowest BCUT2D eigenvalue weighted by Gasteiger charge is -2.15. The summed E-state index contributed by atoms with van der Waals surface area (Å²) in [6.45, 7) is 1.95. The van der Waals surface area contributed by atoms with Crippen molar-refractivity contribution in [2.45, 2.75) is 6.92 Å². The molecule has 0 aromatic heterocycles. The quantitative estimate of drug-likeness (QED) is 0.313. The fourth-order valence-corrected chi connectivity index (χ4v) is 4.02. The molecule has 1 aliphatic rings. The van der Waals surface area contributed by atoms with Crippen LogP contribution in [0.4, 0.5) is 16.2 Å². The van der Waals surface area contributed by atoms with Gasteiger partial charge in [0.15, 0.2) is 18.1 Å². The van der Waals surface area contributed by atoms with E-state index in [1.54, 1.807) is 60.7 Å². The molecule has 178 valence electrons. The molecule has 0 unspecified atom stereocenters. The second-order valence-electron chi connectivity index (χ2n) is 7.43. The van der Waals surface area contributed by atoms with Crippen molar-refractivity contribution in [3.05, 3.63) is 88.5 Å². The van der Waals surface area contributed by atoms with Gasteiger partial charge in [-0.3, -0.25) is 9.59 Å². The van der Waals surface area contributed by atoms with Crippen LogP contribution in [-0.2, 0) is 9.59 Å². The third-order valence-electron chi connectivity index (χ3n) is 4.94. The average Bonchev–Trinajstić information content (AvgIpc) is 3.12. The standard InChI is InChI=1S/C26H22BrN3O5/c1-2-34-22-15-17(14-21-25(32)30(26(33)29-21)19-11-7-4-8-12-19)13-20(27)24(22)35-16-23(31)28-18-9-5-3-6-10-18/h3-15H,2,16H2,1H3,(H,28,31)(H,29,33)/b21-14+. The lowest BCUT2D eigenvalue weighted by molar-refractivity contribution is -0.118. The van der Waals surface area contributed by atoms with E-state index in [1.807, 2.05) is 25.1 Å². The Morgan fingerprint density at radius 1 is 1.03 bits per heavy atom. The number of nitrogens with one attached hydrogen (secondary N) is 2. The number of benzene rings is 3. The number of carbonyl (C=O) groups excluding carboxylic acids is 3. The fourth-order valence-electron chi connectivity index (χ4n) is 3.44. The summed E-state index contributed by atoms with van der Waals surface area (Å²) in [6.07, 6.45) is 1.56. The maximum Gasteiger partial charge on any atom is 0.333 e. The van der Waals surface area contributed by atoms with Crippen LogP contribution in [0.1, 0.15) is 12.5 Å². The Morgan fingerprint density at radius 3 is 2.40 bits per heavy atom. The number of nitrogens with zero attached hydrogens (tertiary/aromatic N) is 1. The van der Waals surface area contributed by atoms with E-state index < -0.39 is 11.9 Å². The Kier molecular flexibility index (Phi) is 7.47. The average molecular weight is 536 g/mol. The molecule has 35 heavy (non-hydrogen) atoms. The van der Waals surface area contributed by atoms with Crippen LogP contribution in [0.15, 0.2) is 83.0 Å². The number of halogens is 1. The summed E-state index contributed by atoms with van der Waals surface area (Å²) in [5.41, 5.74) is 1.87. The van der Waals surface area contributed by atoms with Gasteiger partial charge in [-0.2, -0.15) is 0 Å². The zero-order chi connectivity index (χ0) is 24.8. The van der Waals surface area contributed by atoms with Crippen molar-refractivity contribution in [2.75, 3.05) is 23.4 Å². The van der Waals surface area contributed by atoms with E-state index in [0.29, 0.717) is 39.5 Å². The summed E-state index contributed by atoms with van der Waals surface area (Å²) in [5.74, 6) is -0.0481. The maximum atomic E-state index is 12.9. The predicted octanol–water partition coefficient (Wildman–Crippen LogP) is 4.96. The molecule has 1 aliphatic heterocycles. The van der Waals surface area contributed by atoms with Gasteiger partial charge in [-0.15, -0.1) is 0 Å². The molecule has 2 N–H and O–H groups in total. The largest absolute Gasteiger partial charge is 0.490 e. The van der Waals surface area contributed by atoms with Crippen LogP contribution in [-0.4, -0.2) is 31.1 Å². The van der Waals surface area contributed by atoms with Crippen LogP contribution in [0, 0.1) is 0 Å². The van der Waals surface area contributed by atoms with Gasteiger partial charge in [0, 0.05) is 5.69 Å². The Bertz CT molecular complexity index is 1280. The van der Waals surface area contributed by atoms with E-state index in [-0.39, 0.29) is 18.2 Å². The van der Waals surface area contributed by atoms with Crippen molar-refractivity contribution in [3.63, 3.8) is 0 Å². The highest BCUT2D eigenvalue weighted by molar-refractivity contribution is 9.10. The Morgan fingerprint density at radius 2 is 1.71 bits per heavy atom. The van der Waals surface area contributed by atoms with Gasteiger partial charge in [0.2, 0.25) is 0 Å². The first-order valence-electron chi connectivity index (χ1n) is 10.8. The van der Waals surface area contributed by atoms with Crippen LogP contribution in [0.5, 0.6) is 11.5 Å². The first-order valence-corrected chi connectivity index (χ1v) is 11.6. The molecule has 9 heteroatoms. The normalized spacial score (nSPS) is 14.1. The minimum atomic E-state index is -0.527. The summed E-state index contributed by atoms with van der Waals surface area (Å²) in [4.78, 5) is 38.7. The summed E-state index contributed by atoms with van der Waals surface area (Å²) < 4.78 is 12.0. The number of urea groups is 1. The van der Waals surface area contributed by atoms with Gasteiger partial charge in [-0.05, 0) is 70.9 Å². The summed E-state index contributed by atoms with van der Waals surface area (Å²) in [7, 11) is 0. The van der Waals surface area contributed by atoms with Crippen LogP contribution < -0.4 is 25.0 Å². The molecule has 4 rings (SSSR count). The SMILES string of the molecule is CCOc1cc(/C=C2/NC(=O)N(c3ccccc3)C2=O)cc(Br)c1OCC(=O)Nc1ccccc1. The number of ether oxygens (including phenoxy) is 2. The third kappa shape index (κ3) is 5.70. The monoisotopic (exact) mass is 535 g/mol. The molecule has 3 aromatic rings. The van der Waals surface area contributed by atoms with Gasteiger partial charge in [0.25, 0.3) is 11.8 Å². The number of imide groups is 1. The lowest BCUT2D eigenvalue weighted by atomic mass is 10.1. The number of anilines is 2. The van der Waals surface area contributed by atoms with Crippen molar-refractivity contribution < 1.29 is 23.9 Å². The second-order valence-corrected chi connectivity index (χ2v) is 8.28. The molecule has 3 aromatic carbocycles. The van der Waals surface area contributed by atoms with E-state index in [4.69, 9.17) is 9.47 Å². The fraction of sp³-hybridized carbons (Fsp3) is 0.115. The molecule has 4 amide bonds. The highest BCUT2D eigenvalue weighted by Crippen LogP contribution is 2.38. The van der Waals surface area contributed by atoms with Crippen molar-refractivity contribution >= 4 is 51.2 Å². The van der Waals surface area contributed by atoms with E-state index >= 15 is 0 Å². The van der Waals surface area contributed by atoms with Gasteiger partial charge >= 0.3 is 6.03 Å². The molecular weight excluding hydrogens is 514 g/mol. The molecule has 1 heterocycles. The Hall–Kier alpha value is -4.11. The maximum absolute atomic E-state index is 12.9. The molecule has 0 spiro atoms.